The maximum atomic E-state index is 11.1. The van der Waals surface area contributed by atoms with E-state index < -0.39 is 0 Å². The lowest BCUT2D eigenvalue weighted by Crippen LogP contribution is -2.04. The molecule has 0 bridgehead atoms. The molecule has 0 aliphatic heterocycles. The number of allylic oxidation sites excluding steroid dienone is 1. The van der Waals surface area contributed by atoms with Crippen molar-refractivity contribution in [1.82, 2.24) is 0 Å². The average Bonchev–Trinajstić information content (AvgIpc) is 2.76. The van der Waals surface area contributed by atoms with Crippen molar-refractivity contribution < 1.29 is 9.53 Å². The molecule has 0 N–H and O–H groups in total. The van der Waals surface area contributed by atoms with E-state index in [0.717, 1.165) is 37.7 Å². The number of methoxy groups -OCH3 is 1. The van der Waals surface area contributed by atoms with Gasteiger partial charge in [-0.3, -0.25) is 9.79 Å². The van der Waals surface area contributed by atoms with E-state index in [4.69, 9.17) is 28.2 Å². The highest BCUT2D eigenvalue weighted by Crippen LogP contribution is 2.20. The Morgan fingerprint density at radius 1 is 1.03 bits per heavy atom. The van der Waals surface area contributed by atoms with Crippen molar-refractivity contribution in [3.8, 4) is 0 Å². The van der Waals surface area contributed by atoms with Gasteiger partial charge in [-0.15, -0.1) is 0 Å². The van der Waals surface area contributed by atoms with E-state index >= 15 is 0 Å². The number of hydrogen-bond acceptors (Lipinski definition) is 3. The van der Waals surface area contributed by atoms with Crippen molar-refractivity contribution in [3.63, 3.8) is 0 Å². The van der Waals surface area contributed by atoms with E-state index in [-0.39, 0.29) is 12.0 Å². The van der Waals surface area contributed by atoms with Crippen molar-refractivity contribution >= 4 is 35.4 Å². The predicted octanol–water partition coefficient (Wildman–Crippen LogP) is 8.60. The summed E-state index contributed by atoms with van der Waals surface area (Å²) >= 11 is 12.3. The van der Waals surface area contributed by atoms with Gasteiger partial charge in [-0.2, -0.15) is 0 Å². The maximum absolute atomic E-state index is 11.1. The summed E-state index contributed by atoms with van der Waals surface area (Å²) in [7, 11) is 1.45. The summed E-state index contributed by atoms with van der Waals surface area (Å²) in [6.07, 6.45) is 20.8. The molecule has 0 saturated carbocycles. The highest BCUT2D eigenvalue weighted by molar-refractivity contribution is 6.36. The molecular weight excluding hydrogens is 429 g/mol. The number of rotatable bonds is 17. The summed E-state index contributed by atoms with van der Waals surface area (Å²) in [5, 5.41) is 1.28. The Bertz CT molecular complexity index is 673. The lowest BCUT2D eigenvalue weighted by Gasteiger charge is -2.10. The van der Waals surface area contributed by atoms with Crippen molar-refractivity contribution in [2.75, 3.05) is 7.11 Å². The third-order valence-electron chi connectivity index (χ3n) is 5.33. The highest BCUT2D eigenvalue weighted by atomic mass is 35.5. The Morgan fingerprint density at radius 2 is 1.77 bits per heavy atom. The number of nitrogens with zero attached hydrogens (tertiary/aromatic N) is 1. The Balaban J connectivity index is 2.36. The van der Waals surface area contributed by atoms with E-state index in [1.807, 2.05) is 18.3 Å². The second-order valence-corrected chi connectivity index (χ2v) is 8.88. The van der Waals surface area contributed by atoms with Gasteiger partial charge in [-0.05, 0) is 44.2 Å². The first-order chi connectivity index (χ1) is 15.1. The standard InChI is InChI=1S/C26H39Cl2NO2/c1-3-4-5-12-15-24(29-21-22-18-19-23(27)20-25(22)28)16-13-10-8-6-7-9-11-14-17-26(30)31-2/h10,13,18-21,24H,3-9,11-12,14-17H2,1-2H3/b13-10-,29-21?. The van der Waals surface area contributed by atoms with Crippen LogP contribution in [-0.2, 0) is 9.53 Å². The topological polar surface area (TPSA) is 38.7 Å². The van der Waals surface area contributed by atoms with E-state index in [1.165, 1.54) is 52.1 Å². The van der Waals surface area contributed by atoms with Crippen LogP contribution in [0.5, 0.6) is 0 Å². The number of benzene rings is 1. The van der Waals surface area contributed by atoms with E-state index in [0.29, 0.717) is 16.5 Å². The summed E-state index contributed by atoms with van der Waals surface area (Å²) in [6, 6.07) is 5.82. The largest absolute Gasteiger partial charge is 0.469 e. The molecule has 31 heavy (non-hydrogen) atoms. The molecule has 0 aromatic heterocycles. The number of hydrogen-bond donors (Lipinski definition) is 0. The zero-order chi connectivity index (χ0) is 22.7. The first-order valence-electron chi connectivity index (χ1n) is 11.8. The van der Waals surface area contributed by atoms with Gasteiger partial charge in [-0.1, -0.05) is 93.3 Å². The van der Waals surface area contributed by atoms with Crippen LogP contribution < -0.4 is 0 Å². The minimum Gasteiger partial charge on any atom is -0.469 e. The monoisotopic (exact) mass is 467 g/mol. The van der Waals surface area contributed by atoms with E-state index in [1.54, 1.807) is 6.07 Å². The molecule has 0 heterocycles. The molecule has 0 radical (unpaired) electrons. The SMILES string of the molecule is CCCCCCC(C/C=C\CCCCCCCC(=O)OC)N=Cc1ccc(Cl)cc1Cl. The van der Waals surface area contributed by atoms with Crippen LogP contribution in [0.3, 0.4) is 0 Å². The first kappa shape index (κ1) is 27.7. The number of aliphatic imine (C=N–C) groups is 1. The number of ether oxygens (including phenoxy) is 1. The molecule has 1 aromatic rings. The maximum Gasteiger partial charge on any atom is 0.305 e. The number of halogens is 2. The fourth-order valence-electron chi connectivity index (χ4n) is 3.39. The van der Waals surface area contributed by atoms with E-state index in [2.05, 4.69) is 23.8 Å². The van der Waals surface area contributed by atoms with Crippen LogP contribution in [0.4, 0.5) is 0 Å². The van der Waals surface area contributed by atoms with Crippen molar-refractivity contribution in [2.45, 2.75) is 96.4 Å². The van der Waals surface area contributed by atoms with Gasteiger partial charge in [0, 0.05) is 23.2 Å². The third kappa shape index (κ3) is 14.4. The second-order valence-electron chi connectivity index (χ2n) is 8.04. The molecule has 1 aromatic carbocycles. The normalized spacial score (nSPS) is 12.6. The van der Waals surface area contributed by atoms with Crippen LogP contribution in [0, 0.1) is 0 Å². The van der Waals surface area contributed by atoms with Crippen molar-refractivity contribution in [3.05, 3.63) is 46.0 Å². The Labute approximate surface area is 199 Å². The number of carbonyl (C=O) groups is 1. The van der Waals surface area contributed by atoms with Gasteiger partial charge in [0.1, 0.15) is 0 Å². The van der Waals surface area contributed by atoms with Crippen LogP contribution in [0.25, 0.3) is 0 Å². The zero-order valence-electron chi connectivity index (χ0n) is 19.3. The molecule has 1 atom stereocenters. The summed E-state index contributed by atoms with van der Waals surface area (Å²) in [5.74, 6) is -0.104. The molecule has 0 fully saturated rings. The summed E-state index contributed by atoms with van der Waals surface area (Å²) < 4.78 is 4.66. The highest BCUT2D eigenvalue weighted by Gasteiger charge is 2.05. The zero-order valence-corrected chi connectivity index (χ0v) is 20.8. The smallest absolute Gasteiger partial charge is 0.305 e. The van der Waals surface area contributed by atoms with Crippen LogP contribution in [0.15, 0.2) is 35.3 Å². The van der Waals surface area contributed by atoms with Gasteiger partial charge in [0.05, 0.1) is 18.2 Å². The van der Waals surface area contributed by atoms with Crippen LogP contribution in [0.1, 0.15) is 96.0 Å². The molecule has 5 heteroatoms. The van der Waals surface area contributed by atoms with Gasteiger partial charge in [0.25, 0.3) is 0 Å². The van der Waals surface area contributed by atoms with E-state index in [9.17, 15) is 4.79 Å². The molecule has 1 unspecified atom stereocenters. The average molecular weight is 469 g/mol. The molecule has 0 amide bonds. The first-order valence-corrected chi connectivity index (χ1v) is 12.5. The molecular formula is C26H39Cl2NO2. The Hall–Kier alpha value is -1.32. The molecule has 1 rings (SSSR count). The van der Waals surface area contributed by atoms with Gasteiger partial charge >= 0.3 is 5.97 Å². The summed E-state index contributed by atoms with van der Waals surface area (Å²) in [6.45, 7) is 2.24. The minimum atomic E-state index is -0.104. The van der Waals surface area contributed by atoms with Crippen molar-refractivity contribution in [1.29, 1.82) is 0 Å². The molecule has 174 valence electrons. The molecule has 0 spiro atoms. The van der Waals surface area contributed by atoms with Crippen molar-refractivity contribution in [2.24, 2.45) is 4.99 Å². The van der Waals surface area contributed by atoms with Crippen LogP contribution >= 0.6 is 23.2 Å². The van der Waals surface area contributed by atoms with Gasteiger partial charge in [-0.25, -0.2) is 0 Å². The van der Waals surface area contributed by atoms with Gasteiger partial charge < -0.3 is 4.74 Å². The third-order valence-corrected chi connectivity index (χ3v) is 5.89. The Kier molecular flexibility index (Phi) is 16.3. The fraction of sp³-hybridized carbons (Fsp3) is 0.615. The molecule has 0 aliphatic rings. The molecule has 0 aliphatic carbocycles. The minimum absolute atomic E-state index is 0.104. The predicted molar refractivity (Wildman–Crippen MR) is 135 cm³/mol. The second kappa shape index (κ2) is 18.3. The molecule has 3 nitrogen and oxygen atoms in total. The summed E-state index contributed by atoms with van der Waals surface area (Å²) in [4.78, 5) is 15.9. The lowest BCUT2D eigenvalue weighted by atomic mass is 10.0. The number of carbonyl (C=O) groups excluding carboxylic acids is 1. The lowest BCUT2D eigenvalue weighted by molar-refractivity contribution is -0.140. The van der Waals surface area contributed by atoms with Gasteiger partial charge in [0.2, 0.25) is 0 Å². The number of esters is 1. The van der Waals surface area contributed by atoms with Crippen LogP contribution in [-0.4, -0.2) is 25.3 Å². The van der Waals surface area contributed by atoms with Crippen LogP contribution in [0.2, 0.25) is 10.0 Å². The van der Waals surface area contributed by atoms with Gasteiger partial charge in [0.15, 0.2) is 0 Å². The Morgan fingerprint density at radius 3 is 2.52 bits per heavy atom. The summed E-state index contributed by atoms with van der Waals surface area (Å²) in [5.41, 5.74) is 0.917. The fourth-order valence-corrected chi connectivity index (χ4v) is 3.84. The number of unbranched alkanes of at least 4 members (excludes halogenated alkanes) is 8. The quantitative estimate of drug-likeness (QED) is 0.0994. The molecule has 0 saturated heterocycles.